The average Bonchev–Trinajstić information content (AvgIpc) is 3.27. The van der Waals surface area contributed by atoms with Crippen molar-refractivity contribution in [3.8, 4) is 0 Å². The van der Waals surface area contributed by atoms with Gasteiger partial charge in [0.15, 0.2) is 5.82 Å². The van der Waals surface area contributed by atoms with Crippen molar-refractivity contribution in [2.75, 3.05) is 19.7 Å². The van der Waals surface area contributed by atoms with Gasteiger partial charge in [0, 0.05) is 12.5 Å². The van der Waals surface area contributed by atoms with E-state index in [1.807, 2.05) is 17.9 Å². The van der Waals surface area contributed by atoms with Crippen molar-refractivity contribution in [3.63, 3.8) is 0 Å². The van der Waals surface area contributed by atoms with Gasteiger partial charge in [0.2, 0.25) is 5.91 Å². The molecule has 2 heterocycles. The number of carbonyl (C=O) groups is 1. The van der Waals surface area contributed by atoms with Gasteiger partial charge in [0.25, 0.3) is 0 Å². The number of morpholine rings is 1. The number of amides is 1. The van der Waals surface area contributed by atoms with E-state index >= 15 is 0 Å². The maximum atomic E-state index is 12.9. The highest BCUT2D eigenvalue weighted by atomic mass is 16.5. The first kappa shape index (κ1) is 15.3. The number of nitrogens with one attached hydrogen (secondary N) is 1. The van der Waals surface area contributed by atoms with Gasteiger partial charge in [-0.15, -0.1) is 0 Å². The molecule has 2 fully saturated rings. The Morgan fingerprint density at radius 3 is 2.92 bits per heavy atom. The highest BCUT2D eigenvalue weighted by Crippen LogP contribution is 2.49. The summed E-state index contributed by atoms with van der Waals surface area (Å²) in [4.78, 5) is 19.1. The number of hydrogen-bond acceptors (Lipinski definition) is 4. The molecule has 24 heavy (non-hydrogen) atoms. The van der Waals surface area contributed by atoms with Gasteiger partial charge in [-0.05, 0) is 37.3 Å². The molecule has 3 atom stereocenters. The molecule has 6 heteroatoms. The lowest BCUT2D eigenvalue weighted by Gasteiger charge is -2.32. The van der Waals surface area contributed by atoms with Gasteiger partial charge in [-0.2, -0.15) is 5.10 Å². The van der Waals surface area contributed by atoms with Crippen LogP contribution in [0.4, 0.5) is 0 Å². The first-order chi connectivity index (χ1) is 11.6. The normalized spacial score (nSPS) is 26.4. The number of hydrogen-bond donors (Lipinski definition) is 1. The fraction of sp³-hybridized carbons (Fsp3) is 0.500. The minimum absolute atomic E-state index is 0.110. The van der Waals surface area contributed by atoms with Crippen molar-refractivity contribution < 1.29 is 9.53 Å². The standard InChI is InChI=1S/C18H22N4O2/c1-11-5-3-4-6-13(11)14-9-15(14)18(23)22-7-8-24-16(10-22)17-19-12(2)20-21-17/h3-6,14-16H,7-10H2,1-2H3,(H,19,20,21). The van der Waals surface area contributed by atoms with E-state index in [9.17, 15) is 4.79 Å². The van der Waals surface area contributed by atoms with Crippen LogP contribution >= 0.6 is 0 Å². The van der Waals surface area contributed by atoms with Crippen molar-refractivity contribution in [2.45, 2.75) is 32.3 Å². The zero-order chi connectivity index (χ0) is 16.7. The van der Waals surface area contributed by atoms with Crippen LogP contribution in [0.3, 0.4) is 0 Å². The summed E-state index contributed by atoms with van der Waals surface area (Å²) in [6, 6.07) is 8.36. The van der Waals surface area contributed by atoms with Gasteiger partial charge in [0.1, 0.15) is 11.9 Å². The van der Waals surface area contributed by atoms with Crippen LogP contribution < -0.4 is 0 Å². The van der Waals surface area contributed by atoms with E-state index in [0.29, 0.717) is 31.4 Å². The number of ether oxygens (including phenoxy) is 1. The third-order valence-electron chi connectivity index (χ3n) is 4.98. The molecule has 0 spiro atoms. The molecule has 1 N–H and O–H groups in total. The predicted octanol–water partition coefficient (Wildman–Crippen LogP) is 2.13. The third-order valence-corrected chi connectivity index (χ3v) is 4.98. The topological polar surface area (TPSA) is 71.1 Å². The third kappa shape index (κ3) is 2.82. The Balaban J connectivity index is 1.43. The Labute approximate surface area is 141 Å². The molecule has 4 rings (SSSR count). The highest BCUT2D eigenvalue weighted by molar-refractivity contribution is 5.83. The molecular weight excluding hydrogens is 304 g/mol. The SMILES string of the molecule is Cc1nc(C2CN(C(=O)C3CC3c3ccccc3C)CCO2)n[nH]1. The Morgan fingerprint density at radius 2 is 2.17 bits per heavy atom. The molecule has 1 aliphatic heterocycles. The number of rotatable bonds is 3. The maximum absolute atomic E-state index is 12.9. The van der Waals surface area contributed by atoms with Crippen LogP contribution in [0.25, 0.3) is 0 Å². The molecule has 2 aromatic rings. The van der Waals surface area contributed by atoms with Crippen molar-refractivity contribution in [2.24, 2.45) is 5.92 Å². The Morgan fingerprint density at radius 1 is 1.33 bits per heavy atom. The lowest BCUT2D eigenvalue weighted by molar-refractivity contribution is -0.140. The summed E-state index contributed by atoms with van der Waals surface area (Å²) in [7, 11) is 0. The Bertz CT molecular complexity index is 757. The van der Waals surface area contributed by atoms with Gasteiger partial charge in [-0.3, -0.25) is 9.89 Å². The van der Waals surface area contributed by atoms with Crippen LogP contribution in [0, 0.1) is 19.8 Å². The van der Waals surface area contributed by atoms with Crippen LogP contribution in [-0.2, 0) is 9.53 Å². The molecule has 1 aromatic carbocycles. The van der Waals surface area contributed by atoms with E-state index in [4.69, 9.17) is 4.74 Å². The summed E-state index contributed by atoms with van der Waals surface area (Å²) >= 11 is 0. The Kier molecular flexibility index (Phi) is 3.84. The smallest absolute Gasteiger partial charge is 0.226 e. The van der Waals surface area contributed by atoms with Gasteiger partial charge < -0.3 is 9.64 Å². The number of carbonyl (C=O) groups excluding carboxylic acids is 1. The van der Waals surface area contributed by atoms with Crippen LogP contribution in [0.2, 0.25) is 0 Å². The second-order valence-electron chi connectivity index (χ2n) is 6.73. The molecule has 1 aromatic heterocycles. The van der Waals surface area contributed by atoms with Crippen molar-refractivity contribution in [1.29, 1.82) is 0 Å². The molecule has 126 valence electrons. The number of aromatic nitrogens is 3. The van der Waals surface area contributed by atoms with E-state index in [1.165, 1.54) is 11.1 Å². The molecule has 0 bridgehead atoms. The summed E-state index contributed by atoms with van der Waals surface area (Å²) in [6.07, 6.45) is 0.717. The zero-order valence-corrected chi connectivity index (χ0v) is 14.0. The van der Waals surface area contributed by atoms with E-state index in [0.717, 1.165) is 12.2 Å². The zero-order valence-electron chi connectivity index (χ0n) is 14.0. The monoisotopic (exact) mass is 326 g/mol. The van der Waals surface area contributed by atoms with E-state index in [2.05, 4.69) is 40.3 Å². The van der Waals surface area contributed by atoms with Crippen molar-refractivity contribution >= 4 is 5.91 Å². The molecule has 1 saturated carbocycles. The second-order valence-corrected chi connectivity index (χ2v) is 6.73. The minimum Gasteiger partial charge on any atom is -0.366 e. The largest absolute Gasteiger partial charge is 0.366 e. The van der Waals surface area contributed by atoms with Crippen molar-refractivity contribution in [3.05, 3.63) is 47.0 Å². The number of nitrogens with zero attached hydrogens (tertiary/aromatic N) is 3. The molecule has 6 nitrogen and oxygen atoms in total. The first-order valence-corrected chi connectivity index (χ1v) is 8.48. The average molecular weight is 326 g/mol. The number of aromatic amines is 1. The van der Waals surface area contributed by atoms with E-state index in [1.54, 1.807) is 0 Å². The quantitative estimate of drug-likeness (QED) is 0.938. The highest BCUT2D eigenvalue weighted by Gasteiger charge is 2.47. The van der Waals surface area contributed by atoms with Crippen LogP contribution in [0.15, 0.2) is 24.3 Å². The lowest BCUT2D eigenvalue weighted by atomic mass is 10.0. The van der Waals surface area contributed by atoms with Gasteiger partial charge in [-0.25, -0.2) is 4.98 Å². The molecule has 1 aliphatic carbocycles. The van der Waals surface area contributed by atoms with E-state index < -0.39 is 0 Å². The summed E-state index contributed by atoms with van der Waals surface area (Å²) in [6.45, 7) is 5.69. The molecule has 1 saturated heterocycles. The molecule has 3 unspecified atom stereocenters. The second kappa shape index (κ2) is 6.02. The summed E-state index contributed by atoms with van der Waals surface area (Å²) in [5.41, 5.74) is 2.58. The fourth-order valence-corrected chi connectivity index (χ4v) is 3.56. The molecule has 0 radical (unpaired) electrons. The molecule has 1 amide bonds. The number of benzene rings is 1. The van der Waals surface area contributed by atoms with Gasteiger partial charge in [-0.1, -0.05) is 24.3 Å². The van der Waals surface area contributed by atoms with E-state index in [-0.39, 0.29) is 17.9 Å². The lowest BCUT2D eigenvalue weighted by Crippen LogP contribution is -2.43. The number of aryl methyl sites for hydroxylation is 2. The van der Waals surface area contributed by atoms with Crippen LogP contribution in [0.1, 0.15) is 41.2 Å². The van der Waals surface area contributed by atoms with Gasteiger partial charge in [0.05, 0.1) is 13.2 Å². The summed E-state index contributed by atoms with van der Waals surface area (Å²) in [5.74, 6) is 2.11. The molecular formula is C18H22N4O2. The summed E-state index contributed by atoms with van der Waals surface area (Å²) in [5, 5.41) is 7.00. The van der Waals surface area contributed by atoms with Crippen LogP contribution in [-0.4, -0.2) is 45.7 Å². The Hall–Kier alpha value is -2.21. The summed E-state index contributed by atoms with van der Waals surface area (Å²) < 4.78 is 5.75. The molecule has 2 aliphatic rings. The minimum atomic E-state index is -0.233. The van der Waals surface area contributed by atoms with Crippen molar-refractivity contribution in [1.82, 2.24) is 20.1 Å². The maximum Gasteiger partial charge on any atom is 0.226 e. The first-order valence-electron chi connectivity index (χ1n) is 8.48. The van der Waals surface area contributed by atoms with Gasteiger partial charge >= 0.3 is 0 Å². The fourth-order valence-electron chi connectivity index (χ4n) is 3.56. The number of H-pyrrole nitrogens is 1. The van der Waals surface area contributed by atoms with Crippen LogP contribution in [0.5, 0.6) is 0 Å². The predicted molar refractivity (Wildman–Crippen MR) is 88.4 cm³/mol.